The molecule has 20 heavy (non-hydrogen) atoms. The van der Waals surface area contributed by atoms with E-state index in [0.717, 1.165) is 24.4 Å². The molecular weight excluding hydrogens is 269 g/mol. The van der Waals surface area contributed by atoms with E-state index in [1.807, 2.05) is 0 Å². The summed E-state index contributed by atoms with van der Waals surface area (Å²) in [5.74, 6) is 1.24. The maximum Gasteiger partial charge on any atom is 0.416 e. The molecule has 0 amide bonds. The van der Waals surface area contributed by atoms with E-state index in [9.17, 15) is 13.2 Å². The molecule has 0 bridgehead atoms. The molecule has 0 saturated heterocycles. The Balaban J connectivity index is 1.90. The van der Waals surface area contributed by atoms with E-state index in [0.29, 0.717) is 24.4 Å². The lowest BCUT2D eigenvalue weighted by Gasteiger charge is -2.17. The molecule has 1 aromatic heterocycles. The molecule has 0 fully saturated rings. The van der Waals surface area contributed by atoms with Gasteiger partial charge < -0.3 is 5.73 Å². The minimum atomic E-state index is -4.33. The largest absolute Gasteiger partial charge is 0.416 e. The van der Waals surface area contributed by atoms with E-state index >= 15 is 0 Å². The maximum absolute atomic E-state index is 12.5. The first-order valence-corrected chi connectivity index (χ1v) is 6.30. The molecule has 1 aromatic carbocycles. The molecule has 0 spiro atoms. The average Bonchev–Trinajstić information content (AvgIpc) is 2.80. The second-order valence-electron chi connectivity index (χ2n) is 4.90. The molecule has 2 heterocycles. The number of nitrogens with two attached hydrogens (primary N) is 1. The van der Waals surface area contributed by atoms with Gasteiger partial charge in [0.15, 0.2) is 5.82 Å². The van der Waals surface area contributed by atoms with Crippen molar-refractivity contribution in [2.75, 3.05) is 0 Å². The molecule has 4 nitrogen and oxygen atoms in total. The third kappa shape index (κ3) is 2.40. The van der Waals surface area contributed by atoms with E-state index < -0.39 is 11.7 Å². The summed E-state index contributed by atoms with van der Waals surface area (Å²) in [7, 11) is 0. The smallest absolute Gasteiger partial charge is 0.327 e. The number of alkyl halides is 3. The summed E-state index contributed by atoms with van der Waals surface area (Å²) >= 11 is 0. The van der Waals surface area contributed by atoms with Crippen molar-refractivity contribution in [3.8, 4) is 11.4 Å². The Hall–Kier alpha value is -1.89. The fraction of sp³-hybridized carbons (Fsp3) is 0.385. The highest BCUT2D eigenvalue weighted by Gasteiger charge is 2.30. The standard InChI is InChI=1S/C13H13F3N4/c14-13(15,16)9-3-1-8(2-4-9)12-18-11-7-10(17)5-6-20(11)19-12/h1-4,10H,5-7,17H2. The van der Waals surface area contributed by atoms with Crippen molar-refractivity contribution in [1.82, 2.24) is 14.8 Å². The number of halogens is 3. The van der Waals surface area contributed by atoms with Crippen LogP contribution in [-0.4, -0.2) is 20.8 Å². The topological polar surface area (TPSA) is 56.7 Å². The van der Waals surface area contributed by atoms with Crippen LogP contribution in [0.1, 0.15) is 17.8 Å². The van der Waals surface area contributed by atoms with E-state index in [-0.39, 0.29) is 6.04 Å². The van der Waals surface area contributed by atoms with Crippen molar-refractivity contribution in [3.05, 3.63) is 35.7 Å². The Morgan fingerprint density at radius 3 is 2.55 bits per heavy atom. The van der Waals surface area contributed by atoms with Gasteiger partial charge in [0, 0.05) is 24.6 Å². The van der Waals surface area contributed by atoms with E-state index in [2.05, 4.69) is 10.1 Å². The first-order chi connectivity index (χ1) is 9.43. The summed E-state index contributed by atoms with van der Waals surface area (Å²) in [6.45, 7) is 0.699. The quantitative estimate of drug-likeness (QED) is 0.872. The highest BCUT2D eigenvalue weighted by Crippen LogP contribution is 2.30. The van der Waals surface area contributed by atoms with Crippen LogP contribution in [0.2, 0.25) is 0 Å². The minimum Gasteiger partial charge on any atom is -0.327 e. The summed E-state index contributed by atoms with van der Waals surface area (Å²) < 4.78 is 39.3. The normalized spacial score (nSPS) is 18.9. The van der Waals surface area contributed by atoms with Crippen molar-refractivity contribution in [2.45, 2.75) is 31.6 Å². The lowest BCUT2D eigenvalue weighted by Crippen LogP contribution is -2.31. The molecule has 1 atom stereocenters. The summed E-state index contributed by atoms with van der Waals surface area (Å²) in [5, 5.41) is 4.32. The number of fused-ring (bicyclic) bond motifs is 1. The van der Waals surface area contributed by atoms with Crippen molar-refractivity contribution in [2.24, 2.45) is 5.73 Å². The summed E-state index contributed by atoms with van der Waals surface area (Å²) in [4.78, 5) is 4.35. The van der Waals surface area contributed by atoms with Crippen LogP contribution >= 0.6 is 0 Å². The zero-order chi connectivity index (χ0) is 14.3. The zero-order valence-electron chi connectivity index (χ0n) is 10.6. The number of nitrogens with zero attached hydrogens (tertiary/aromatic N) is 3. The second kappa shape index (κ2) is 4.59. The second-order valence-corrected chi connectivity index (χ2v) is 4.90. The van der Waals surface area contributed by atoms with Crippen LogP contribution < -0.4 is 5.73 Å². The van der Waals surface area contributed by atoms with Crippen LogP contribution in [0.3, 0.4) is 0 Å². The first kappa shape index (κ1) is 13.1. The predicted octanol–water partition coefficient (Wildman–Crippen LogP) is 2.24. The molecule has 0 saturated carbocycles. The fourth-order valence-electron chi connectivity index (χ4n) is 2.26. The zero-order valence-corrected chi connectivity index (χ0v) is 10.6. The van der Waals surface area contributed by atoms with Gasteiger partial charge in [0.05, 0.1) is 5.56 Å². The van der Waals surface area contributed by atoms with Crippen LogP contribution in [0.5, 0.6) is 0 Å². The van der Waals surface area contributed by atoms with Gasteiger partial charge in [0.2, 0.25) is 0 Å². The van der Waals surface area contributed by atoms with Crippen molar-refractivity contribution in [3.63, 3.8) is 0 Å². The summed E-state index contributed by atoms with van der Waals surface area (Å²) in [5.41, 5.74) is 5.76. The van der Waals surface area contributed by atoms with E-state index in [1.54, 1.807) is 4.68 Å². The van der Waals surface area contributed by atoms with Gasteiger partial charge in [0.1, 0.15) is 5.82 Å². The van der Waals surface area contributed by atoms with Gasteiger partial charge in [-0.2, -0.15) is 18.3 Å². The van der Waals surface area contributed by atoms with Crippen molar-refractivity contribution >= 4 is 0 Å². The Bertz CT molecular complexity index is 616. The molecule has 106 valence electrons. The SMILES string of the molecule is NC1CCn2nc(-c3ccc(C(F)(F)F)cc3)nc2C1. The molecule has 0 radical (unpaired) electrons. The van der Waals surface area contributed by atoms with Crippen LogP contribution in [0.15, 0.2) is 24.3 Å². The lowest BCUT2D eigenvalue weighted by atomic mass is 10.1. The molecule has 2 N–H and O–H groups in total. The third-order valence-corrected chi connectivity index (χ3v) is 3.38. The molecule has 0 aliphatic carbocycles. The minimum absolute atomic E-state index is 0.0761. The van der Waals surface area contributed by atoms with Gasteiger partial charge in [0.25, 0.3) is 0 Å². The highest BCUT2D eigenvalue weighted by molar-refractivity contribution is 5.55. The van der Waals surface area contributed by atoms with E-state index in [4.69, 9.17) is 5.73 Å². The molecule has 1 aliphatic rings. The van der Waals surface area contributed by atoms with Gasteiger partial charge in [-0.25, -0.2) is 9.67 Å². The molecule has 3 rings (SSSR count). The van der Waals surface area contributed by atoms with Gasteiger partial charge in [-0.3, -0.25) is 0 Å². The fourth-order valence-corrected chi connectivity index (χ4v) is 2.26. The van der Waals surface area contributed by atoms with Gasteiger partial charge in [-0.15, -0.1) is 0 Å². The van der Waals surface area contributed by atoms with Gasteiger partial charge >= 0.3 is 6.18 Å². The Morgan fingerprint density at radius 2 is 1.90 bits per heavy atom. The number of hydrogen-bond acceptors (Lipinski definition) is 3. The lowest BCUT2D eigenvalue weighted by molar-refractivity contribution is -0.137. The number of aromatic nitrogens is 3. The Labute approximate surface area is 113 Å². The van der Waals surface area contributed by atoms with Crippen LogP contribution in [0.25, 0.3) is 11.4 Å². The first-order valence-electron chi connectivity index (χ1n) is 6.30. The molecule has 7 heteroatoms. The predicted molar refractivity (Wildman–Crippen MR) is 66.8 cm³/mol. The Kier molecular flexibility index (Phi) is 3.01. The number of hydrogen-bond donors (Lipinski definition) is 1. The summed E-state index contributed by atoms with van der Waals surface area (Å²) in [6, 6.07) is 4.95. The van der Waals surface area contributed by atoms with Crippen LogP contribution in [-0.2, 0) is 19.1 Å². The highest BCUT2D eigenvalue weighted by atomic mass is 19.4. The van der Waals surface area contributed by atoms with Crippen molar-refractivity contribution in [1.29, 1.82) is 0 Å². The Morgan fingerprint density at radius 1 is 1.20 bits per heavy atom. The number of benzene rings is 1. The third-order valence-electron chi connectivity index (χ3n) is 3.38. The average molecular weight is 282 g/mol. The van der Waals surface area contributed by atoms with E-state index in [1.165, 1.54) is 12.1 Å². The molecule has 1 unspecified atom stereocenters. The van der Waals surface area contributed by atoms with Crippen LogP contribution in [0, 0.1) is 0 Å². The maximum atomic E-state index is 12.5. The van der Waals surface area contributed by atoms with Crippen molar-refractivity contribution < 1.29 is 13.2 Å². The molecular formula is C13H13F3N4. The number of rotatable bonds is 1. The molecule has 2 aromatic rings. The van der Waals surface area contributed by atoms with Gasteiger partial charge in [-0.05, 0) is 18.6 Å². The van der Waals surface area contributed by atoms with Gasteiger partial charge in [-0.1, -0.05) is 12.1 Å². The molecule has 1 aliphatic heterocycles. The monoisotopic (exact) mass is 282 g/mol. The number of aryl methyl sites for hydroxylation is 1. The van der Waals surface area contributed by atoms with Crippen LogP contribution in [0.4, 0.5) is 13.2 Å². The summed E-state index contributed by atoms with van der Waals surface area (Å²) in [6.07, 6.45) is -2.84.